The minimum atomic E-state index is -0.728. The Bertz CT molecular complexity index is 2720. The fourth-order valence-corrected chi connectivity index (χ4v) is 10.4. The van der Waals surface area contributed by atoms with Crippen molar-refractivity contribution in [2.24, 2.45) is 17.8 Å². The molecule has 0 unspecified atom stereocenters. The zero-order chi connectivity index (χ0) is 44.1. The van der Waals surface area contributed by atoms with E-state index < -0.39 is 24.3 Å². The summed E-state index contributed by atoms with van der Waals surface area (Å²) in [5, 5.41) is 9.71. The number of rotatable bonds is 9. The second-order valence-electron chi connectivity index (χ2n) is 17.9. The van der Waals surface area contributed by atoms with Gasteiger partial charge in [0.15, 0.2) is 0 Å². The lowest BCUT2D eigenvalue weighted by Gasteiger charge is -2.34. The van der Waals surface area contributed by atoms with E-state index in [9.17, 15) is 19.2 Å². The fraction of sp³-hybridized carbons (Fsp3) is 0.458. The Morgan fingerprint density at radius 3 is 1.95 bits per heavy atom. The maximum absolute atomic E-state index is 14.2. The first-order valence-electron chi connectivity index (χ1n) is 22.2. The largest absolute Gasteiger partial charge is 0.453 e. The van der Waals surface area contributed by atoms with Crippen molar-refractivity contribution >= 4 is 67.6 Å². The minimum absolute atomic E-state index is 0.0364. The molecule has 0 radical (unpaired) electrons. The van der Waals surface area contributed by atoms with Crippen LogP contribution < -0.4 is 10.6 Å². The molecule has 4 aromatic carbocycles. The number of methoxy groups -OCH3 is 2. The summed E-state index contributed by atoms with van der Waals surface area (Å²) in [6.07, 6.45) is 2.56. The number of alkyl carbamates (subject to hydrolysis) is 2. The van der Waals surface area contributed by atoms with E-state index in [0.29, 0.717) is 32.6 Å². The van der Waals surface area contributed by atoms with Gasteiger partial charge in [-0.3, -0.25) is 9.59 Å². The molecule has 4 N–H and O–H groups in total. The Morgan fingerprint density at radius 2 is 1.35 bits per heavy atom. The molecule has 6 atom stereocenters. The van der Waals surface area contributed by atoms with Crippen molar-refractivity contribution in [2.45, 2.75) is 90.0 Å². The summed E-state index contributed by atoms with van der Waals surface area (Å²) >= 11 is 0. The molecule has 63 heavy (non-hydrogen) atoms. The van der Waals surface area contributed by atoms with Crippen molar-refractivity contribution in [3.8, 4) is 11.1 Å². The number of aromatic nitrogens is 4. The van der Waals surface area contributed by atoms with Crippen molar-refractivity contribution < 1.29 is 33.4 Å². The molecule has 2 aromatic heterocycles. The highest BCUT2D eigenvalue weighted by molar-refractivity contribution is 6.07. The number of H-pyrrole nitrogens is 2. The lowest BCUT2D eigenvalue weighted by molar-refractivity contribution is -0.138. The standard InChI is InChI=1S/C48H56N8O7/c1-25(2)38(53-47(59)61-5)46(58)56-27(4)22-26(3)42(56)44-50-36-16-12-32-24-30(10-14-34(32)41(36)52-44)29-9-13-33-31(23-29)11-15-35-40(33)51-43(49-35)37-8-7-19-55(37)45(57)39(54-48(60)62-6)28-17-20-63-21-18-28/h9-16,23-28,37-39,42H,7-8,17-22H2,1-6H3,(H,49,51)(H,50,52)(H,53,59)(H,54,60)/t26-,27+,37+,38+,39+,42+/m1/s1. The topological polar surface area (TPSA) is 184 Å². The van der Waals surface area contributed by atoms with Crippen molar-refractivity contribution in [1.82, 2.24) is 40.4 Å². The predicted octanol–water partition coefficient (Wildman–Crippen LogP) is 7.91. The van der Waals surface area contributed by atoms with Gasteiger partial charge in [-0.05, 0) is 103 Å². The molecule has 330 valence electrons. The number of hydrogen-bond acceptors (Lipinski definition) is 9. The van der Waals surface area contributed by atoms with E-state index in [1.807, 2.05) is 29.7 Å². The van der Waals surface area contributed by atoms with Crippen LogP contribution in [0.5, 0.6) is 0 Å². The van der Waals surface area contributed by atoms with Gasteiger partial charge < -0.3 is 44.6 Å². The van der Waals surface area contributed by atoms with Crippen LogP contribution in [0.4, 0.5) is 9.59 Å². The van der Waals surface area contributed by atoms with Gasteiger partial charge in [-0.2, -0.15) is 0 Å². The van der Waals surface area contributed by atoms with Gasteiger partial charge in [0.2, 0.25) is 11.8 Å². The van der Waals surface area contributed by atoms with Crippen LogP contribution in [0.25, 0.3) is 54.7 Å². The molecule has 0 spiro atoms. The number of carbonyl (C=O) groups is 4. The highest BCUT2D eigenvalue weighted by Gasteiger charge is 2.45. The van der Waals surface area contributed by atoms with Gasteiger partial charge in [0.25, 0.3) is 0 Å². The number of imidazole rings is 2. The van der Waals surface area contributed by atoms with E-state index in [1.54, 1.807) is 0 Å². The van der Waals surface area contributed by atoms with E-state index in [-0.39, 0.29) is 47.7 Å². The van der Waals surface area contributed by atoms with Gasteiger partial charge in [-0.1, -0.05) is 57.2 Å². The molecule has 3 saturated heterocycles. The first-order valence-corrected chi connectivity index (χ1v) is 22.2. The molecule has 3 fully saturated rings. The van der Waals surface area contributed by atoms with Crippen LogP contribution in [-0.2, 0) is 23.8 Å². The van der Waals surface area contributed by atoms with Gasteiger partial charge in [0.05, 0.1) is 48.4 Å². The summed E-state index contributed by atoms with van der Waals surface area (Å²) in [5.41, 5.74) is 5.62. The zero-order valence-electron chi connectivity index (χ0n) is 36.7. The van der Waals surface area contributed by atoms with E-state index in [1.165, 1.54) is 14.2 Å². The minimum Gasteiger partial charge on any atom is -0.453 e. The molecule has 15 nitrogen and oxygen atoms in total. The number of fused-ring (bicyclic) bond motifs is 6. The lowest BCUT2D eigenvalue weighted by atomic mass is 9.90. The van der Waals surface area contributed by atoms with Crippen LogP contribution in [0, 0.1) is 17.8 Å². The highest BCUT2D eigenvalue weighted by atomic mass is 16.5. The van der Waals surface area contributed by atoms with Gasteiger partial charge in [-0.25, -0.2) is 19.6 Å². The molecular formula is C48H56N8O7. The van der Waals surface area contributed by atoms with Crippen LogP contribution in [-0.4, -0.2) is 106 Å². The van der Waals surface area contributed by atoms with Crippen LogP contribution in [0.2, 0.25) is 0 Å². The number of benzene rings is 4. The second-order valence-corrected chi connectivity index (χ2v) is 17.9. The van der Waals surface area contributed by atoms with Crippen molar-refractivity contribution in [1.29, 1.82) is 0 Å². The van der Waals surface area contributed by atoms with Gasteiger partial charge in [0.1, 0.15) is 23.7 Å². The van der Waals surface area contributed by atoms with Gasteiger partial charge >= 0.3 is 12.2 Å². The molecule has 15 heteroatoms. The summed E-state index contributed by atoms with van der Waals surface area (Å²) in [7, 11) is 2.61. The number of carbonyl (C=O) groups excluding carboxylic acids is 4. The maximum Gasteiger partial charge on any atom is 0.407 e. The molecule has 3 aliphatic rings. The van der Waals surface area contributed by atoms with Crippen LogP contribution in [0.1, 0.15) is 83.5 Å². The lowest BCUT2D eigenvalue weighted by Crippen LogP contribution is -2.53. The predicted molar refractivity (Wildman–Crippen MR) is 240 cm³/mol. The third-order valence-electron chi connectivity index (χ3n) is 13.6. The molecule has 3 aliphatic heterocycles. The average molecular weight is 857 g/mol. The van der Waals surface area contributed by atoms with Gasteiger partial charge in [0, 0.05) is 36.6 Å². The molecular weight excluding hydrogens is 801 g/mol. The summed E-state index contributed by atoms with van der Waals surface area (Å²) in [4.78, 5) is 73.9. The number of likely N-dealkylation sites (tertiary alicyclic amines) is 2. The summed E-state index contributed by atoms with van der Waals surface area (Å²) in [5.74, 6) is 1.19. The Balaban J connectivity index is 0.978. The molecule has 0 saturated carbocycles. The smallest absolute Gasteiger partial charge is 0.407 e. The average Bonchev–Trinajstić information content (AvgIpc) is 4.11. The molecule has 6 aromatic rings. The van der Waals surface area contributed by atoms with E-state index >= 15 is 0 Å². The summed E-state index contributed by atoms with van der Waals surface area (Å²) < 4.78 is 15.3. The normalized spacial score (nSPS) is 21.7. The van der Waals surface area contributed by atoms with Crippen molar-refractivity contribution in [2.75, 3.05) is 34.0 Å². The number of aromatic amines is 2. The Kier molecular flexibility index (Phi) is 11.5. The van der Waals surface area contributed by atoms with E-state index in [0.717, 1.165) is 85.6 Å². The monoisotopic (exact) mass is 856 g/mol. The SMILES string of the molecule is COC(=O)N[C@H](C(=O)N1[C@H](c2nc3c(ccc4cc(-c5ccc6c(ccc7[nH]c([C@@H]8CCCN8C(=O)[C@@H](NC(=O)OC)C8CCOCC8)nc76)c5)ccc43)[nH]2)[C@H](C)C[C@@H]1C)C(C)C. The number of amides is 4. The van der Waals surface area contributed by atoms with E-state index in [4.69, 9.17) is 24.2 Å². The number of nitrogens with zero attached hydrogens (tertiary/aromatic N) is 4. The first-order chi connectivity index (χ1) is 30.4. The number of hydrogen-bond donors (Lipinski definition) is 4. The quantitative estimate of drug-likeness (QED) is 0.112. The van der Waals surface area contributed by atoms with Crippen molar-refractivity contribution in [3.05, 3.63) is 72.3 Å². The number of ether oxygens (including phenoxy) is 3. The maximum atomic E-state index is 14.2. The molecule has 4 amide bonds. The Labute approximate surface area is 365 Å². The third kappa shape index (κ3) is 7.80. The Morgan fingerprint density at radius 1 is 0.762 bits per heavy atom. The molecule has 5 heterocycles. The first kappa shape index (κ1) is 42.1. The van der Waals surface area contributed by atoms with Crippen LogP contribution in [0.3, 0.4) is 0 Å². The third-order valence-corrected chi connectivity index (χ3v) is 13.6. The summed E-state index contributed by atoms with van der Waals surface area (Å²) in [6.45, 7) is 9.73. The summed E-state index contributed by atoms with van der Waals surface area (Å²) in [6, 6.07) is 19.2. The Hall–Kier alpha value is -6.22. The van der Waals surface area contributed by atoms with Crippen LogP contribution >= 0.6 is 0 Å². The molecule has 0 aliphatic carbocycles. The zero-order valence-corrected chi connectivity index (χ0v) is 36.7. The van der Waals surface area contributed by atoms with Crippen molar-refractivity contribution in [3.63, 3.8) is 0 Å². The number of nitrogens with one attached hydrogen (secondary N) is 4. The fourth-order valence-electron chi connectivity index (χ4n) is 10.4. The van der Waals surface area contributed by atoms with E-state index in [2.05, 4.69) is 89.0 Å². The van der Waals surface area contributed by atoms with Crippen LogP contribution in [0.15, 0.2) is 60.7 Å². The molecule has 9 rings (SSSR count). The van der Waals surface area contributed by atoms with Gasteiger partial charge in [-0.15, -0.1) is 0 Å². The highest BCUT2D eigenvalue weighted by Crippen LogP contribution is 2.42. The second kappa shape index (κ2) is 17.2. The molecule has 0 bridgehead atoms.